The van der Waals surface area contributed by atoms with Gasteiger partial charge >= 0.3 is 0 Å². The normalized spacial score (nSPS) is 10.3. The van der Waals surface area contributed by atoms with Crippen LogP contribution in [0.15, 0.2) is 6.20 Å². The molecule has 0 aliphatic rings. The molecule has 1 aromatic heterocycles. The molecular formula is C8H11ClFN3O. The van der Waals surface area contributed by atoms with Crippen molar-refractivity contribution in [1.82, 2.24) is 9.97 Å². The minimum absolute atomic E-state index is 0.00205. The van der Waals surface area contributed by atoms with Crippen LogP contribution in [-0.2, 0) is 0 Å². The Hall–Kier alpha value is -0.940. The van der Waals surface area contributed by atoms with Gasteiger partial charge in [0.15, 0.2) is 11.6 Å². The van der Waals surface area contributed by atoms with Crippen LogP contribution < -0.4 is 4.90 Å². The number of hydrogen-bond donors (Lipinski definition) is 1. The minimum Gasteiger partial charge on any atom is -0.395 e. The molecule has 0 bridgehead atoms. The van der Waals surface area contributed by atoms with E-state index in [1.54, 1.807) is 4.90 Å². The number of aliphatic hydroxyl groups excluding tert-OH is 1. The summed E-state index contributed by atoms with van der Waals surface area (Å²) < 4.78 is 13.2. The number of hydrogen-bond acceptors (Lipinski definition) is 4. The van der Waals surface area contributed by atoms with E-state index in [0.29, 0.717) is 13.1 Å². The summed E-state index contributed by atoms with van der Waals surface area (Å²) in [6, 6.07) is 0. The standard InChI is InChI=1S/C8H11ClFN3O/c1-2-13(3-4-14)7-6(10)5-11-8(9)12-7/h5,14H,2-4H2,1H3. The van der Waals surface area contributed by atoms with E-state index in [4.69, 9.17) is 16.7 Å². The number of likely N-dealkylation sites (N-methyl/N-ethyl adjacent to an activating group) is 1. The summed E-state index contributed by atoms with van der Waals surface area (Å²) in [5.74, 6) is -0.411. The first-order chi connectivity index (χ1) is 6.69. The largest absolute Gasteiger partial charge is 0.395 e. The van der Waals surface area contributed by atoms with Crippen LogP contribution in [0.5, 0.6) is 0 Å². The summed E-state index contributed by atoms with van der Waals surface area (Å²) in [4.78, 5) is 8.85. The Bertz CT molecular complexity index is 311. The molecule has 0 saturated carbocycles. The lowest BCUT2D eigenvalue weighted by atomic mass is 10.4. The Morgan fingerprint density at radius 1 is 1.64 bits per heavy atom. The fraction of sp³-hybridized carbons (Fsp3) is 0.500. The molecule has 0 aliphatic carbocycles. The molecule has 0 radical (unpaired) electrons. The Balaban J connectivity index is 2.96. The molecule has 1 aromatic rings. The smallest absolute Gasteiger partial charge is 0.224 e. The zero-order chi connectivity index (χ0) is 10.6. The number of anilines is 1. The maximum Gasteiger partial charge on any atom is 0.224 e. The van der Waals surface area contributed by atoms with Gasteiger partial charge in [0.05, 0.1) is 12.8 Å². The van der Waals surface area contributed by atoms with E-state index < -0.39 is 5.82 Å². The molecular weight excluding hydrogens is 209 g/mol. The first-order valence-electron chi connectivity index (χ1n) is 4.23. The van der Waals surface area contributed by atoms with Gasteiger partial charge in [-0.15, -0.1) is 0 Å². The molecule has 6 heteroatoms. The lowest BCUT2D eigenvalue weighted by Gasteiger charge is -2.20. The molecule has 0 unspecified atom stereocenters. The molecule has 0 fully saturated rings. The summed E-state index contributed by atoms with van der Waals surface area (Å²) in [5.41, 5.74) is 0. The number of aromatic nitrogens is 2. The number of rotatable bonds is 4. The molecule has 1 heterocycles. The molecule has 0 saturated heterocycles. The van der Waals surface area contributed by atoms with E-state index in [9.17, 15) is 4.39 Å². The Morgan fingerprint density at radius 3 is 2.93 bits per heavy atom. The van der Waals surface area contributed by atoms with E-state index >= 15 is 0 Å². The molecule has 0 spiro atoms. The summed E-state index contributed by atoms with van der Waals surface area (Å²) >= 11 is 5.54. The number of halogens is 2. The fourth-order valence-corrected chi connectivity index (χ4v) is 1.22. The number of nitrogens with zero attached hydrogens (tertiary/aromatic N) is 3. The first-order valence-corrected chi connectivity index (χ1v) is 4.60. The highest BCUT2D eigenvalue weighted by Gasteiger charge is 2.12. The lowest BCUT2D eigenvalue weighted by Crippen LogP contribution is -2.28. The van der Waals surface area contributed by atoms with Gasteiger partial charge in [0.25, 0.3) is 0 Å². The van der Waals surface area contributed by atoms with E-state index in [0.717, 1.165) is 6.20 Å². The predicted molar refractivity (Wildman–Crippen MR) is 52.0 cm³/mol. The average Bonchev–Trinajstić information content (AvgIpc) is 2.18. The summed E-state index contributed by atoms with van der Waals surface area (Å²) in [6.07, 6.45) is 1.02. The average molecular weight is 220 g/mol. The fourth-order valence-electron chi connectivity index (χ4n) is 1.09. The van der Waals surface area contributed by atoms with Gasteiger partial charge in [0, 0.05) is 13.1 Å². The monoisotopic (exact) mass is 219 g/mol. The van der Waals surface area contributed by atoms with E-state index in [1.165, 1.54) is 0 Å². The Morgan fingerprint density at radius 2 is 2.36 bits per heavy atom. The second-order valence-corrected chi connectivity index (χ2v) is 2.95. The van der Waals surface area contributed by atoms with Gasteiger partial charge in [-0.3, -0.25) is 0 Å². The van der Waals surface area contributed by atoms with Gasteiger partial charge in [-0.05, 0) is 18.5 Å². The molecule has 0 atom stereocenters. The molecule has 0 aliphatic heterocycles. The highest BCUT2D eigenvalue weighted by atomic mass is 35.5. The Kier molecular flexibility index (Phi) is 4.03. The van der Waals surface area contributed by atoms with Gasteiger partial charge in [-0.2, -0.15) is 4.98 Å². The summed E-state index contributed by atoms with van der Waals surface area (Å²) in [6.45, 7) is 2.64. The van der Waals surface area contributed by atoms with Crippen LogP contribution in [0.4, 0.5) is 10.2 Å². The predicted octanol–water partition coefficient (Wildman–Crippen LogP) is 1.09. The highest BCUT2D eigenvalue weighted by Crippen LogP contribution is 2.16. The van der Waals surface area contributed by atoms with Crippen molar-refractivity contribution < 1.29 is 9.50 Å². The van der Waals surface area contributed by atoms with Crippen LogP contribution in [0.25, 0.3) is 0 Å². The third-order valence-corrected chi connectivity index (χ3v) is 1.93. The third-order valence-electron chi connectivity index (χ3n) is 1.75. The zero-order valence-corrected chi connectivity index (χ0v) is 8.50. The quantitative estimate of drug-likeness (QED) is 0.771. The van der Waals surface area contributed by atoms with Crippen molar-refractivity contribution in [3.8, 4) is 0 Å². The van der Waals surface area contributed by atoms with E-state index in [-0.39, 0.29) is 17.7 Å². The SMILES string of the molecule is CCN(CCO)c1nc(Cl)ncc1F. The van der Waals surface area contributed by atoms with Crippen LogP contribution in [0.1, 0.15) is 6.92 Å². The van der Waals surface area contributed by atoms with Crippen LogP contribution in [0, 0.1) is 5.82 Å². The molecule has 1 N–H and O–H groups in total. The molecule has 14 heavy (non-hydrogen) atoms. The maximum absolute atomic E-state index is 13.2. The van der Waals surface area contributed by atoms with Crippen molar-refractivity contribution in [2.75, 3.05) is 24.6 Å². The van der Waals surface area contributed by atoms with Crippen molar-refractivity contribution in [2.45, 2.75) is 6.92 Å². The van der Waals surface area contributed by atoms with E-state index in [1.807, 2.05) is 6.92 Å². The van der Waals surface area contributed by atoms with Crippen LogP contribution in [0.2, 0.25) is 5.28 Å². The van der Waals surface area contributed by atoms with Gasteiger partial charge in [0.2, 0.25) is 5.28 Å². The second kappa shape index (κ2) is 5.07. The van der Waals surface area contributed by atoms with Crippen molar-refractivity contribution in [3.05, 3.63) is 17.3 Å². The van der Waals surface area contributed by atoms with Gasteiger partial charge in [-0.1, -0.05) is 0 Å². The van der Waals surface area contributed by atoms with E-state index in [2.05, 4.69) is 9.97 Å². The Labute approximate surface area is 86.4 Å². The van der Waals surface area contributed by atoms with Gasteiger partial charge in [0.1, 0.15) is 0 Å². The van der Waals surface area contributed by atoms with Gasteiger partial charge < -0.3 is 10.0 Å². The molecule has 78 valence electrons. The molecule has 0 aromatic carbocycles. The van der Waals surface area contributed by atoms with Crippen LogP contribution in [0.3, 0.4) is 0 Å². The lowest BCUT2D eigenvalue weighted by molar-refractivity contribution is 0.301. The molecule has 0 amide bonds. The molecule has 1 rings (SSSR count). The maximum atomic E-state index is 13.2. The molecule has 4 nitrogen and oxygen atoms in total. The zero-order valence-electron chi connectivity index (χ0n) is 7.74. The van der Waals surface area contributed by atoms with Crippen molar-refractivity contribution >= 4 is 17.4 Å². The highest BCUT2D eigenvalue weighted by molar-refractivity contribution is 6.28. The second-order valence-electron chi connectivity index (χ2n) is 2.61. The summed E-state index contributed by atoms with van der Waals surface area (Å²) in [5, 5.41) is 8.75. The van der Waals surface area contributed by atoms with Crippen LogP contribution in [-0.4, -0.2) is 34.8 Å². The first kappa shape index (κ1) is 11.1. The van der Waals surface area contributed by atoms with Crippen LogP contribution >= 0.6 is 11.6 Å². The minimum atomic E-state index is -0.537. The number of aliphatic hydroxyl groups is 1. The topological polar surface area (TPSA) is 49.2 Å². The van der Waals surface area contributed by atoms with Crippen molar-refractivity contribution in [2.24, 2.45) is 0 Å². The van der Waals surface area contributed by atoms with Gasteiger partial charge in [-0.25, -0.2) is 9.37 Å². The van der Waals surface area contributed by atoms with Crippen molar-refractivity contribution in [3.63, 3.8) is 0 Å². The third kappa shape index (κ3) is 2.52. The summed E-state index contributed by atoms with van der Waals surface area (Å²) in [7, 11) is 0. The van der Waals surface area contributed by atoms with Crippen molar-refractivity contribution in [1.29, 1.82) is 0 Å².